The number of rotatable bonds is 7. The molecular formula is C22H25NO5. The Bertz CT molecular complexity index is 888. The van der Waals surface area contributed by atoms with Crippen molar-refractivity contribution >= 4 is 23.6 Å². The summed E-state index contributed by atoms with van der Waals surface area (Å²) in [6, 6.07) is 10.9. The van der Waals surface area contributed by atoms with Crippen LogP contribution in [0, 0.1) is 13.8 Å². The predicted molar refractivity (Wildman–Crippen MR) is 109 cm³/mol. The van der Waals surface area contributed by atoms with Crippen molar-refractivity contribution in [2.75, 3.05) is 19.5 Å². The largest absolute Gasteiger partial charge is 0.497 e. The van der Waals surface area contributed by atoms with Crippen molar-refractivity contribution in [3.05, 3.63) is 59.2 Å². The minimum Gasteiger partial charge on any atom is -0.497 e. The minimum atomic E-state index is -0.935. The molecule has 1 unspecified atom stereocenters. The number of nitrogens with one attached hydrogen (secondary N) is 1. The molecule has 0 saturated carbocycles. The molecule has 2 aromatic carbocycles. The standard InChI is InChI=1S/C22H25NO5/c1-14-7-6-8-19(15(14)2)23-22(25)16(3)28-21(24)12-10-17-9-11-18(26-4)13-20(17)27-5/h6-13,16H,1-5H3,(H,23,25)/b12-10+. The van der Waals surface area contributed by atoms with Crippen LogP contribution in [-0.4, -0.2) is 32.2 Å². The third kappa shape index (κ3) is 5.36. The van der Waals surface area contributed by atoms with Gasteiger partial charge in [-0.15, -0.1) is 0 Å². The molecule has 1 atom stereocenters. The van der Waals surface area contributed by atoms with Crippen molar-refractivity contribution < 1.29 is 23.8 Å². The Morgan fingerprint density at radius 2 is 1.82 bits per heavy atom. The molecule has 0 aromatic heterocycles. The molecule has 148 valence electrons. The highest BCUT2D eigenvalue weighted by Gasteiger charge is 2.17. The highest BCUT2D eigenvalue weighted by atomic mass is 16.5. The van der Waals surface area contributed by atoms with Gasteiger partial charge in [0.1, 0.15) is 11.5 Å². The lowest BCUT2D eigenvalue weighted by Gasteiger charge is -2.14. The molecule has 0 aliphatic rings. The average Bonchev–Trinajstić information content (AvgIpc) is 2.69. The number of carbonyl (C=O) groups is 2. The minimum absolute atomic E-state index is 0.391. The third-order valence-corrected chi connectivity index (χ3v) is 4.36. The van der Waals surface area contributed by atoms with Crippen LogP contribution < -0.4 is 14.8 Å². The number of esters is 1. The molecule has 2 rings (SSSR count). The maximum absolute atomic E-state index is 12.3. The average molecular weight is 383 g/mol. The van der Waals surface area contributed by atoms with Crippen LogP contribution in [0.15, 0.2) is 42.5 Å². The number of carbonyl (C=O) groups excluding carboxylic acids is 2. The van der Waals surface area contributed by atoms with Crippen molar-refractivity contribution in [2.24, 2.45) is 0 Å². The summed E-state index contributed by atoms with van der Waals surface area (Å²) in [4.78, 5) is 24.4. The van der Waals surface area contributed by atoms with E-state index in [2.05, 4.69) is 5.32 Å². The third-order valence-electron chi connectivity index (χ3n) is 4.36. The van der Waals surface area contributed by atoms with Gasteiger partial charge in [0.2, 0.25) is 0 Å². The number of amides is 1. The van der Waals surface area contributed by atoms with Crippen molar-refractivity contribution in [3.8, 4) is 11.5 Å². The topological polar surface area (TPSA) is 73.9 Å². The zero-order chi connectivity index (χ0) is 20.7. The predicted octanol–water partition coefficient (Wildman–Crippen LogP) is 3.90. The van der Waals surface area contributed by atoms with Crippen molar-refractivity contribution in [3.63, 3.8) is 0 Å². The number of hydrogen-bond acceptors (Lipinski definition) is 5. The molecule has 0 radical (unpaired) electrons. The van der Waals surface area contributed by atoms with Crippen LogP contribution in [0.25, 0.3) is 6.08 Å². The Morgan fingerprint density at radius 3 is 2.50 bits per heavy atom. The van der Waals surface area contributed by atoms with Gasteiger partial charge in [0.25, 0.3) is 5.91 Å². The van der Waals surface area contributed by atoms with E-state index in [1.54, 1.807) is 31.4 Å². The molecule has 0 spiro atoms. The van der Waals surface area contributed by atoms with Gasteiger partial charge < -0.3 is 19.5 Å². The first-order valence-electron chi connectivity index (χ1n) is 8.83. The summed E-state index contributed by atoms with van der Waals surface area (Å²) in [6.45, 7) is 5.42. The second-order valence-electron chi connectivity index (χ2n) is 6.26. The number of ether oxygens (including phenoxy) is 3. The van der Waals surface area contributed by atoms with E-state index < -0.39 is 18.0 Å². The second-order valence-corrected chi connectivity index (χ2v) is 6.26. The van der Waals surface area contributed by atoms with E-state index in [0.29, 0.717) is 22.7 Å². The molecule has 6 heteroatoms. The number of methoxy groups -OCH3 is 2. The normalized spacial score (nSPS) is 11.8. The smallest absolute Gasteiger partial charge is 0.331 e. The van der Waals surface area contributed by atoms with Gasteiger partial charge in [-0.3, -0.25) is 4.79 Å². The highest BCUT2D eigenvalue weighted by molar-refractivity contribution is 5.97. The number of benzene rings is 2. The fourth-order valence-corrected chi connectivity index (χ4v) is 2.50. The van der Waals surface area contributed by atoms with Gasteiger partial charge in [-0.2, -0.15) is 0 Å². The van der Waals surface area contributed by atoms with Crippen LogP contribution in [0.2, 0.25) is 0 Å². The van der Waals surface area contributed by atoms with Gasteiger partial charge in [0.05, 0.1) is 14.2 Å². The summed E-state index contributed by atoms with van der Waals surface area (Å²) in [7, 11) is 3.09. The first-order valence-corrected chi connectivity index (χ1v) is 8.83. The lowest BCUT2D eigenvalue weighted by molar-refractivity contribution is -0.148. The first-order chi connectivity index (χ1) is 13.3. The molecule has 1 amide bonds. The first kappa shape index (κ1) is 21.0. The summed E-state index contributed by atoms with van der Waals surface area (Å²) < 4.78 is 15.6. The SMILES string of the molecule is COc1ccc(/C=C/C(=O)OC(C)C(=O)Nc2cccc(C)c2C)c(OC)c1. The fourth-order valence-electron chi connectivity index (χ4n) is 2.50. The monoisotopic (exact) mass is 383 g/mol. The van der Waals surface area contributed by atoms with Crippen molar-refractivity contribution in [1.29, 1.82) is 0 Å². The number of anilines is 1. The van der Waals surface area contributed by atoms with E-state index in [0.717, 1.165) is 11.1 Å². The van der Waals surface area contributed by atoms with Gasteiger partial charge >= 0.3 is 5.97 Å². The molecule has 1 N–H and O–H groups in total. The lowest BCUT2D eigenvalue weighted by Crippen LogP contribution is -2.29. The van der Waals surface area contributed by atoms with Gasteiger partial charge in [-0.05, 0) is 56.2 Å². The molecule has 0 aliphatic carbocycles. The Hall–Kier alpha value is -3.28. The maximum atomic E-state index is 12.3. The van der Waals surface area contributed by atoms with Crippen LogP contribution in [0.4, 0.5) is 5.69 Å². The molecule has 0 saturated heterocycles. The number of aryl methyl sites for hydroxylation is 1. The van der Waals surface area contributed by atoms with Crippen LogP contribution in [-0.2, 0) is 14.3 Å². The van der Waals surface area contributed by atoms with Crippen LogP contribution in [0.1, 0.15) is 23.6 Å². The van der Waals surface area contributed by atoms with E-state index in [1.807, 2.05) is 32.0 Å². The molecule has 2 aromatic rings. The van der Waals surface area contributed by atoms with E-state index >= 15 is 0 Å². The Labute approximate surface area is 165 Å². The van der Waals surface area contributed by atoms with Gasteiger partial charge in [-0.1, -0.05) is 12.1 Å². The quantitative estimate of drug-likeness (QED) is 0.580. The number of hydrogen-bond donors (Lipinski definition) is 1. The summed E-state index contributed by atoms with van der Waals surface area (Å²) >= 11 is 0. The molecule has 0 aliphatic heterocycles. The molecular weight excluding hydrogens is 358 g/mol. The Balaban J connectivity index is 1.99. The molecule has 0 fully saturated rings. The Kier molecular flexibility index (Phi) is 7.21. The van der Waals surface area contributed by atoms with E-state index in [-0.39, 0.29) is 0 Å². The van der Waals surface area contributed by atoms with Gasteiger partial charge in [-0.25, -0.2) is 4.79 Å². The van der Waals surface area contributed by atoms with Crippen LogP contribution >= 0.6 is 0 Å². The molecule has 28 heavy (non-hydrogen) atoms. The zero-order valence-electron chi connectivity index (χ0n) is 16.7. The van der Waals surface area contributed by atoms with Gasteiger partial charge in [0.15, 0.2) is 6.10 Å². The zero-order valence-corrected chi connectivity index (χ0v) is 16.7. The Morgan fingerprint density at radius 1 is 1.07 bits per heavy atom. The second kappa shape index (κ2) is 9.60. The summed E-state index contributed by atoms with van der Waals surface area (Å²) in [5, 5.41) is 2.79. The highest BCUT2D eigenvalue weighted by Crippen LogP contribution is 2.25. The summed E-state index contributed by atoms with van der Waals surface area (Å²) in [6.07, 6.45) is 1.89. The summed E-state index contributed by atoms with van der Waals surface area (Å²) in [5.41, 5.74) is 3.43. The maximum Gasteiger partial charge on any atom is 0.331 e. The fraction of sp³-hybridized carbons (Fsp3) is 0.273. The molecule has 0 bridgehead atoms. The summed E-state index contributed by atoms with van der Waals surface area (Å²) in [5.74, 6) is 0.191. The molecule has 6 nitrogen and oxygen atoms in total. The van der Waals surface area contributed by atoms with Gasteiger partial charge in [0, 0.05) is 23.4 Å². The van der Waals surface area contributed by atoms with E-state index in [9.17, 15) is 9.59 Å². The van der Waals surface area contributed by atoms with E-state index in [4.69, 9.17) is 14.2 Å². The lowest BCUT2D eigenvalue weighted by atomic mass is 10.1. The van der Waals surface area contributed by atoms with Crippen LogP contribution in [0.3, 0.4) is 0 Å². The van der Waals surface area contributed by atoms with Crippen molar-refractivity contribution in [2.45, 2.75) is 26.9 Å². The van der Waals surface area contributed by atoms with E-state index in [1.165, 1.54) is 20.1 Å². The van der Waals surface area contributed by atoms with Crippen LogP contribution in [0.5, 0.6) is 11.5 Å². The van der Waals surface area contributed by atoms with Crippen molar-refractivity contribution in [1.82, 2.24) is 0 Å². The molecule has 0 heterocycles.